The molecule has 2 heterocycles. The van der Waals surface area contributed by atoms with E-state index in [0.717, 1.165) is 11.3 Å². The summed E-state index contributed by atoms with van der Waals surface area (Å²) in [7, 11) is 1.44. The van der Waals surface area contributed by atoms with Gasteiger partial charge in [-0.05, 0) is 31.5 Å². The zero-order valence-corrected chi connectivity index (χ0v) is 23.0. The van der Waals surface area contributed by atoms with Gasteiger partial charge in [0.2, 0.25) is 17.4 Å². The van der Waals surface area contributed by atoms with Crippen molar-refractivity contribution in [1.29, 1.82) is 0 Å². The molecule has 0 saturated carbocycles. The molecule has 214 valence electrons. The predicted molar refractivity (Wildman–Crippen MR) is 142 cm³/mol. The molecule has 0 unspecified atom stereocenters. The van der Waals surface area contributed by atoms with Crippen LogP contribution >= 0.6 is 22.9 Å². The molecule has 3 N–H and O–H groups in total. The SMILES string of the molecule is COC[C@@H]1NC(=O)[C@@H]1NC(=O)C(=NOC(C)(C)C(=O)OCc1ccc([N+](=O)[O-])cc1)c1csc(NC(=O)CCl)n1. The van der Waals surface area contributed by atoms with Crippen LogP contribution in [0.1, 0.15) is 25.1 Å². The number of nitro groups is 1. The molecular formula is C23H25ClN6O9S. The summed E-state index contributed by atoms with van der Waals surface area (Å²) < 4.78 is 10.3. The number of carbonyl (C=O) groups is 4. The molecule has 1 saturated heterocycles. The molecule has 0 aliphatic carbocycles. The van der Waals surface area contributed by atoms with Crippen molar-refractivity contribution in [3.63, 3.8) is 0 Å². The Kier molecular flexibility index (Phi) is 10.1. The first kappa shape index (κ1) is 30.4. The zero-order valence-electron chi connectivity index (χ0n) is 21.5. The first-order valence-electron chi connectivity index (χ1n) is 11.5. The van der Waals surface area contributed by atoms with E-state index in [1.807, 2.05) is 0 Å². The number of esters is 1. The van der Waals surface area contributed by atoms with Gasteiger partial charge in [0.15, 0.2) is 10.8 Å². The molecule has 3 rings (SSSR count). The number of carbonyl (C=O) groups excluding carboxylic acids is 4. The smallest absolute Gasteiger partial charge is 0.353 e. The van der Waals surface area contributed by atoms with Crippen LogP contribution < -0.4 is 16.0 Å². The molecule has 0 radical (unpaired) electrons. The van der Waals surface area contributed by atoms with Crippen molar-refractivity contribution in [3.05, 3.63) is 51.0 Å². The van der Waals surface area contributed by atoms with Crippen molar-refractivity contribution >= 4 is 63.2 Å². The fourth-order valence-corrected chi connectivity index (χ4v) is 3.94. The molecule has 1 aromatic heterocycles. The highest BCUT2D eigenvalue weighted by atomic mass is 35.5. The lowest BCUT2D eigenvalue weighted by Gasteiger charge is -2.36. The third-order valence-electron chi connectivity index (χ3n) is 5.35. The number of amides is 3. The van der Waals surface area contributed by atoms with Crippen LogP contribution in [0.15, 0.2) is 34.8 Å². The first-order chi connectivity index (χ1) is 18.9. The lowest BCUT2D eigenvalue weighted by Crippen LogP contribution is -2.71. The number of benzene rings is 1. The number of anilines is 1. The summed E-state index contributed by atoms with van der Waals surface area (Å²) in [5.41, 5.74) is -1.69. The number of alkyl halides is 1. The zero-order chi connectivity index (χ0) is 29.4. The molecule has 1 aliphatic heterocycles. The molecule has 0 spiro atoms. The number of non-ortho nitro benzene ring substituents is 1. The number of nitro benzene ring substituents is 1. The van der Waals surface area contributed by atoms with Gasteiger partial charge in [-0.3, -0.25) is 24.5 Å². The van der Waals surface area contributed by atoms with E-state index in [9.17, 15) is 29.3 Å². The number of nitrogens with zero attached hydrogens (tertiary/aromatic N) is 3. The number of hydrogen-bond donors (Lipinski definition) is 3. The fourth-order valence-electron chi connectivity index (χ4n) is 3.17. The van der Waals surface area contributed by atoms with Gasteiger partial charge in [0, 0.05) is 24.6 Å². The van der Waals surface area contributed by atoms with Crippen molar-refractivity contribution in [2.24, 2.45) is 5.16 Å². The van der Waals surface area contributed by atoms with Gasteiger partial charge < -0.3 is 30.3 Å². The minimum atomic E-state index is -1.69. The van der Waals surface area contributed by atoms with Crippen LogP contribution in [0.25, 0.3) is 0 Å². The Bertz CT molecular complexity index is 1310. The van der Waals surface area contributed by atoms with E-state index >= 15 is 0 Å². The highest BCUT2D eigenvalue weighted by Crippen LogP contribution is 2.20. The lowest BCUT2D eigenvalue weighted by molar-refractivity contribution is -0.384. The number of ether oxygens (including phenoxy) is 2. The number of aromatic nitrogens is 1. The van der Waals surface area contributed by atoms with Gasteiger partial charge in [-0.2, -0.15) is 0 Å². The molecule has 1 fully saturated rings. The van der Waals surface area contributed by atoms with Crippen LogP contribution in [0.2, 0.25) is 0 Å². The lowest BCUT2D eigenvalue weighted by atomic mass is 9.99. The maximum absolute atomic E-state index is 13.2. The Morgan fingerprint density at radius 1 is 1.27 bits per heavy atom. The number of methoxy groups -OCH3 is 1. The quantitative estimate of drug-likeness (QED) is 0.0750. The second-order valence-corrected chi connectivity index (χ2v) is 9.91. The van der Waals surface area contributed by atoms with Crippen LogP contribution in [-0.2, 0) is 40.1 Å². The van der Waals surface area contributed by atoms with Gasteiger partial charge >= 0.3 is 5.97 Å². The second kappa shape index (κ2) is 13.3. The van der Waals surface area contributed by atoms with Crippen molar-refractivity contribution in [3.8, 4) is 0 Å². The Labute approximate surface area is 236 Å². The first-order valence-corrected chi connectivity index (χ1v) is 12.9. The van der Waals surface area contributed by atoms with Gasteiger partial charge in [-0.1, -0.05) is 5.16 Å². The number of β-lactam (4-membered cyclic amide) rings is 1. The largest absolute Gasteiger partial charge is 0.458 e. The topological polar surface area (TPSA) is 200 Å². The van der Waals surface area contributed by atoms with E-state index in [0.29, 0.717) is 5.56 Å². The molecule has 1 aromatic carbocycles. The fraction of sp³-hybridized carbons (Fsp3) is 0.391. The van der Waals surface area contributed by atoms with Gasteiger partial charge in [0.1, 0.15) is 24.2 Å². The van der Waals surface area contributed by atoms with Crippen LogP contribution in [0, 0.1) is 10.1 Å². The normalized spacial score (nSPS) is 16.8. The van der Waals surface area contributed by atoms with E-state index in [-0.39, 0.29) is 41.3 Å². The van der Waals surface area contributed by atoms with Crippen LogP contribution in [-0.4, -0.2) is 76.6 Å². The summed E-state index contributed by atoms with van der Waals surface area (Å²) in [6.07, 6.45) is 0. The molecule has 0 bridgehead atoms. The number of halogens is 1. The number of rotatable bonds is 13. The summed E-state index contributed by atoms with van der Waals surface area (Å²) in [6, 6.07) is 4.05. The third kappa shape index (κ3) is 7.71. The average molecular weight is 597 g/mol. The minimum absolute atomic E-state index is 0.00885. The van der Waals surface area contributed by atoms with Crippen LogP contribution in [0.3, 0.4) is 0 Å². The van der Waals surface area contributed by atoms with Crippen molar-refractivity contribution in [2.75, 3.05) is 24.9 Å². The number of thiazole rings is 1. The number of oxime groups is 1. The highest BCUT2D eigenvalue weighted by Gasteiger charge is 2.41. The van der Waals surface area contributed by atoms with Gasteiger partial charge in [-0.25, -0.2) is 9.78 Å². The Balaban J connectivity index is 1.76. The average Bonchev–Trinajstić information content (AvgIpc) is 3.38. The van der Waals surface area contributed by atoms with Crippen LogP contribution in [0.4, 0.5) is 10.8 Å². The summed E-state index contributed by atoms with van der Waals surface area (Å²) in [6.45, 7) is 2.66. The van der Waals surface area contributed by atoms with Gasteiger partial charge in [0.25, 0.3) is 11.6 Å². The maximum atomic E-state index is 13.2. The Hall–Kier alpha value is -4.15. The minimum Gasteiger partial charge on any atom is -0.458 e. The molecule has 2 aromatic rings. The Morgan fingerprint density at radius 2 is 1.98 bits per heavy atom. The van der Waals surface area contributed by atoms with Crippen molar-refractivity contribution in [2.45, 2.75) is 38.1 Å². The molecule has 17 heteroatoms. The standard InChI is InChI=1S/C23H25ClN6O9S/c1-23(2,21(34)38-9-12-4-6-13(7-5-12)30(35)36)39-29-18(15-11-40-22(26-15)27-16(31)8-24)20(33)28-17-14(10-37-3)25-19(17)32/h4-7,11,14,17H,8-10H2,1-3H3,(H,25,32)(H,28,33)(H,26,27,31)/t14-,17+/m0/s1. The highest BCUT2D eigenvalue weighted by molar-refractivity contribution is 7.14. The maximum Gasteiger partial charge on any atom is 0.353 e. The third-order valence-corrected chi connectivity index (χ3v) is 6.35. The number of nitrogens with one attached hydrogen (secondary N) is 3. The molecule has 2 atom stereocenters. The number of hydrogen-bond acceptors (Lipinski definition) is 12. The van der Waals surface area contributed by atoms with E-state index in [1.165, 1.54) is 50.6 Å². The summed E-state index contributed by atoms with van der Waals surface area (Å²) in [4.78, 5) is 69.3. The second-order valence-electron chi connectivity index (χ2n) is 8.78. The van der Waals surface area contributed by atoms with E-state index in [2.05, 4.69) is 26.1 Å². The van der Waals surface area contributed by atoms with Crippen molar-refractivity contribution < 1.29 is 38.4 Å². The van der Waals surface area contributed by atoms with Gasteiger partial charge in [0.05, 0.1) is 17.6 Å². The van der Waals surface area contributed by atoms with E-state index in [4.69, 9.17) is 25.9 Å². The monoisotopic (exact) mass is 596 g/mol. The van der Waals surface area contributed by atoms with Crippen molar-refractivity contribution in [1.82, 2.24) is 15.6 Å². The molecule has 3 amide bonds. The Morgan fingerprint density at radius 3 is 2.58 bits per heavy atom. The van der Waals surface area contributed by atoms with Crippen LogP contribution in [0.5, 0.6) is 0 Å². The van der Waals surface area contributed by atoms with E-state index < -0.39 is 46.3 Å². The summed E-state index contributed by atoms with van der Waals surface area (Å²) >= 11 is 6.49. The molecule has 15 nitrogen and oxygen atoms in total. The van der Waals surface area contributed by atoms with E-state index in [1.54, 1.807) is 0 Å². The predicted octanol–water partition coefficient (Wildman–Crippen LogP) is 1.10. The van der Waals surface area contributed by atoms with Gasteiger partial charge in [-0.15, -0.1) is 22.9 Å². The molecular weight excluding hydrogens is 572 g/mol. The molecule has 1 aliphatic rings. The summed E-state index contributed by atoms with van der Waals surface area (Å²) in [5, 5.41) is 23.8. The summed E-state index contributed by atoms with van der Waals surface area (Å²) in [5.74, 6) is -2.95. The molecule has 40 heavy (non-hydrogen) atoms.